The fraction of sp³-hybridized carbons (Fsp3) is 0.235. The van der Waals surface area contributed by atoms with E-state index in [1.807, 2.05) is 0 Å². The molecule has 2 rings (SSSR count). The number of aryl methyl sites for hydroxylation is 2. The van der Waals surface area contributed by atoms with Crippen molar-refractivity contribution in [2.24, 2.45) is 0 Å². The number of ketones is 1. The van der Waals surface area contributed by atoms with Gasteiger partial charge in [-0.2, -0.15) is 26.3 Å². The lowest BCUT2D eigenvalue weighted by Gasteiger charge is -2.17. The number of halogens is 8. The van der Waals surface area contributed by atoms with E-state index in [9.17, 15) is 31.1 Å². The summed E-state index contributed by atoms with van der Waals surface area (Å²) in [7, 11) is 0. The Morgan fingerprint density at radius 1 is 0.731 bits per heavy atom. The topological polar surface area (TPSA) is 17.1 Å². The van der Waals surface area contributed by atoms with E-state index in [2.05, 4.69) is 0 Å². The highest BCUT2D eigenvalue weighted by molar-refractivity contribution is 6.39. The molecule has 2 aromatic carbocycles. The first kappa shape index (κ1) is 20.6. The average molecular weight is 415 g/mol. The van der Waals surface area contributed by atoms with E-state index in [-0.39, 0.29) is 11.1 Å². The van der Waals surface area contributed by atoms with Crippen LogP contribution in [0.25, 0.3) is 0 Å². The van der Waals surface area contributed by atoms with E-state index in [0.29, 0.717) is 0 Å². The van der Waals surface area contributed by atoms with E-state index in [1.165, 1.54) is 0 Å². The monoisotopic (exact) mass is 414 g/mol. The molecule has 0 N–H and O–H groups in total. The second-order valence-electron chi connectivity index (χ2n) is 5.56. The van der Waals surface area contributed by atoms with Crippen LogP contribution in [0.15, 0.2) is 24.3 Å². The second kappa shape index (κ2) is 6.78. The molecular formula is C17H10Cl2F6O. The zero-order chi connectivity index (χ0) is 20.0. The smallest absolute Gasteiger partial charge is 0.288 e. The standard InChI is InChI=1S/C17H10Cl2F6O/c1-7-3-5-9(13(18)11(7)16(20,21)22)15(26)10-6-4-8(2)12(14(10)19)17(23,24)25/h3-6H,1-2H3. The van der Waals surface area contributed by atoms with Crippen molar-refractivity contribution < 1.29 is 31.1 Å². The van der Waals surface area contributed by atoms with Crippen LogP contribution in [0.3, 0.4) is 0 Å². The largest absolute Gasteiger partial charge is 0.418 e. The second-order valence-corrected chi connectivity index (χ2v) is 6.32. The SMILES string of the molecule is Cc1ccc(C(=O)c2ccc(C)c(C(F)(F)F)c2Cl)c(Cl)c1C(F)(F)F. The van der Waals surface area contributed by atoms with Crippen LogP contribution in [-0.2, 0) is 12.4 Å². The number of benzene rings is 2. The van der Waals surface area contributed by atoms with Crippen molar-refractivity contribution >= 4 is 29.0 Å². The van der Waals surface area contributed by atoms with Crippen LogP contribution >= 0.6 is 23.2 Å². The Hall–Kier alpha value is -1.73. The molecule has 0 unspecified atom stereocenters. The molecule has 0 aliphatic heterocycles. The van der Waals surface area contributed by atoms with Gasteiger partial charge in [-0.15, -0.1) is 0 Å². The highest BCUT2D eigenvalue weighted by atomic mass is 35.5. The number of hydrogen-bond acceptors (Lipinski definition) is 1. The van der Waals surface area contributed by atoms with Gasteiger partial charge < -0.3 is 0 Å². The normalized spacial score (nSPS) is 12.4. The van der Waals surface area contributed by atoms with Crippen molar-refractivity contribution in [3.05, 3.63) is 67.7 Å². The molecule has 2 aromatic rings. The minimum absolute atomic E-state index is 0.218. The minimum Gasteiger partial charge on any atom is -0.288 e. The Kier molecular flexibility index (Phi) is 5.36. The van der Waals surface area contributed by atoms with Gasteiger partial charge in [0.05, 0.1) is 21.2 Å². The van der Waals surface area contributed by atoms with Crippen molar-refractivity contribution in [1.82, 2.24) is 0 Å². The highest BCUT2D eigenvalue weighted by Gasteiger charge is 2.39. The fourth-order valence-corrected chi connectivity index (χ4v) is 3.35. The van der Waals surface area contributed by atoms with Crippen molar-refractivity contribution in [3.63, 3.8) is 0 Å². The molecule has 9 heteroatoms. The number of carbonyl (C=O) groups is 1. The first-order valence-corrected chi connectivity index (χ1v) is 7.79. The Labute approximate surface area is 154 Å². The fourth-order valence-electron chi connectivity index (χ4n) is 2.54. The molecule has 0 aromatic heterocycles. The third kappa shape index (κ3) is 3.69. The van der Waals surface area contributed by atoms with Gasteiger partial charge in [0.25, 0.3) is 0 Å². The van der Waals surface area contributed by atoms with Gasteiger partial charge in [0, 0.05) is 11.1 Å². The Morgan fingerprint density at radius 3 is 1.31 bits per heavy atom. The maximum absolute atomic E-state index is 13.1. The molecule has 0 saturated carbocycles. The lowest BCUT2D eigenvalue weighted by Crippen LogP contribution is -2.15. The lowest BCUT2D eigenvalue weighted by molar-refractivity contribution is -0.138. The molecule has 1 nitrogen and oxygen atoms in total. The Balaban J connectivity index is 2.69. The molecule has 0 bridgehead atoms. The van der Waals surface area contributed by atoms with Crippen LogP contribution in [-0.4, -0.2) is 5.78 Å². The van der Waals surface area contributed by atoms with Gasteiger partial charge in [0.1, 0.15) is 0 Å². The summed E-state index contributed by atoms with van der Waals surface area (Å²) < 4.78 is 78.8. The number of hydrogen-bond donors (Lipinski definition) is 0. The van der Waals surface area contributed by atoms with E-state index < -0.39 is 50.4 Å². The van der Waals surface area contributed by atoms with Crippen molar-refractivity contribution in [1.29, 1.82) is 0 Å². The molecule has 0 saturated heterocycles. The maximum Gasteiger partial charge on any atom is 0.418 e. The molecule has 0 aliphatic rings. The van der Waals surface area contributed by atoms with Gasteiger partial charge in [-0.1, -0.05) is 35.3 Å². The van der Waals surface area contributed by atoms with Crippen LogP contribution in [0.2, 0.25) is 10.0 Å². The third-order valence-electron chi connectivity index (χ3n) is 3.76. The summed E-state index contributed by atoms with van der Waals surface area (Å²) in [5.74, 6) is -1.13. The van der Waals surface area contributed by atoms with Crippen LogP contribution in [0.4, 0.5) is 26.3 Å². The van der Waals surface area contributed by atoms with E-state index in [4.69, 9.17) is 23.2 Å². The quantitative estimate of drug-likeness (QED) is 0.386. The van der Waals surface area contributed by atoms with Crippen LogP contribution in [0, 0.1) is 13.8 Å². The molecule has 0 heterocycles. The van der Waals surface area contributed by atoms with Crippen molar-refractivity contribution in [3.8, 4) is 0 Å². The molecule has 0 aliphatic carbocycles. The molecule has 140 valence electrons. The molecule has 0 amide bonds. The van der Waals surface area contributed by atoms with E-state index in [0.717, 1.165) is 38.1 Å². The van der Waals surface area contributed by atoms with Crippen molar-refractivity contribution in [2.45, 2.75) is 26.2 Å². The van der Waals surface area contributed by atoms with Gasteiger partial charge >= 0.3 is 12.4 Å². The third-order valence-corrected chi connectivity index (χ3v) is 4.54. The molecule has 0 atom stereocenters. The Bertz CT molecular complexity index is 813. The molecule has 0 fully saturated rings. The first-order valence-electron chi connectivity index (χ1n) is 7.04. The summed E-state index contributed by atoms with van der Waals surface area (Å²) in [5.41, 5.74) is -4.03. The van der Waals surface area contributed by atoms with Gasteiger partial charge in [-0.05, 0) is 37.1 Å². The van der Waals surface area contributed by atoms with Crippen LogP contribution < -0.4 is 0 Å². The van der Waals surface area contributed by atoms with Crippen LogP contribution in [0.1, 0.15) is 38.2 Å². The van der Waals surface area contributed by atoms with Crippen LogP contribution in [0.5, 0.6) is 0 Å². The molecule has 0 radical (unpaired) electrons. The van der Waals surface area contributed by atoms with Gasteiger partial charge in [0.2, 0.25) is 0 Å². The zero-order valence-corrected chi connectivity index (χ0v) is 14.8. The Morgan fingerprint density at radius 2 is 1.04 bits per heavy atom. The first-order chi connectivity index (χ1) is 11.8. The predicted octanol–water partition coefficient (Wildman–Crippen LogP) is 6.88. The molecular weight excluding hydrogens is 405 g/mol. The number of carbonyl (C=O) groups excluding carboxylic acids is 1. The zero-order valence-electron chi connectivity index (χ0n) is 13.2. The number of alkyl halides is 6. The average Bonchev–Trinajstić information content (AvgIpc) is 2.43. The highest BCUT2D eigenvalue weighted by Crippen LogP contribution is 2.42. The molecule has 0 spiro atoms. The van der Waals surface area contributed by atoms with Crippen molar-refractivity contribution in [2.75, 3.05) is 0 Å². The minimum atomic E-state index is -4.83. The lowest BCUT2D eigenvalue weighted by atomic mass is 9.95. The van der Waals surface area contributed by atoms with Gasteiger partial charge in [0.15, 0.2) is 5.78 Å². The summed E-state index contributed by atoms with van der Waals surface area (Å²) in [6.45, 7) is 2.31. The molecule has 26 heavy (non-hydrogen) atoms. The summed E-state index contributed by atoms with van der Waals surface area (Å²) in [6.07, 6.45) is -9.66. The summed E-state index contributed by atoms with van der Waals surface area (Å²) in [5, 5.41) is -1.76. The van der Waals surface area contributed by atoms with Gasteiger partial charge in [-0.3, -0.25) is 4.79 Å². The summed E-state index contributed by atoms with van der Waals surface area (Å²) in [4.78, 5) is 12.6. The van der Waals surface area contributed by atoms with E-state index in [1.54, 1.807) is 0 Å². The summed E-state index contributed by atoms with van der Waals surface area (Å²) in [6, 6.07) is 4.10. The maximum atomic E-state index is 13.1. The summed E-state index contributed by atoms with van der Waals surface area (Å²) >= 11 is 11.5. The van der Waals surface area contributed by atoms with Gasteiger partial charge in [-0.25, -0.2) is 0 Å². The van der Waals surface area contributed by atoms with E-state index >= 15 is 0 Å². The predicted molar refractivity (Wildman–Crippen MR) is 85.8 cm³/mol. The number of rotatable bonds is 2.